The number of fused-ring (bicyclic) bond motifs is 1. The first-order valence-electron chi connectivity index (χ1n) is 11.7. The van der Waals surface area contributed by atoms with Crippen LogP contribution >= 0.6 is 0 Å². The normalized spacial score (nSPS) is 40.3. The van der Waals surface area contributed by atoms with Crippen molar-refractivity contribution in [1.29, 1.82) is 0 Å². The molecule has 1 heterocycles. The predicted molar refractivity (Wildman–Crippen MR) is 107 cm³/mol. The van der Waals surface area contributed by atoms with Crippen LogP contribution in [0.5, 0.6) is 0 Å². The van der Waals surface area contributed by atoms with Crippen molar-refractivity contribution in [3.8, 4) is 0 Å². The van der Waals surface area contributed by atoms with Gasteiger partial charge in [-0.2, -0.15) is 0 Å². The van der Waals surface area contributed by atoms with Crippen molar-refractivity contribution in [2.75, 3.05) is 6.61 Å². The molecule has 0 aromatic heterocycles. The molecule has 1 aliphatic heterocycles. The molecule has 164 valence electrons. The van der Waals surface area contributed by atoms with Gasteiger partial charge in [-0.25, -0.2) is 4.79 Å². The van der Waals surface area contributed by atoms with Crippen LogP contribution in [0.2, 0.25) is 0 Å². The van der Waals surface area contributed by atoms with Crippen LogP contribution in [0, 0.1) is 29.6 Å². The summed E-state index contributed by atoms with van der Waals surface area (Å²) in [5, 5.41) is 3.18. The summed E-state index contributed by atoms with van der Waals surface area (Å²) in [5.74, 6) is 0.0990. The molecule has 5 saturated carbocycles. The summed E-state index contributed by atoms with van der Waals surface area (Å²) in [4.78, 5) is 51.5. The Labute approximate surface area is 177 Å². The number of carbonyl (C=O) groups is 4. The fourth-order valence-electron chi connectivity index (χ4n) is 7.53. The molecule has 6 fully saturated rings. The van der Waals surface area contributed by atoms with Gasteiger partial charge >= 0.3 is 5.97 Å². The van der Waals surface area contributed by atoms with Gasteiger partial charge in [0, 0.05) is 5.54 Å². The van der Waals surface area contributed by atoms with Crippen molar-refractivity contribution < 1.29 is 23.9 Å². The number of amides is 3. The van der Waals surface area contributed by atoms with Gasteiger partial charge in [-0.05, 0) is 76.0 Å². The van der Waals surface area contributed by atoms with Gasteiger partial charge in [0.25, 0.3) is 5.91 Å². The maximum atomic E-state index is 12.7. The van der Waals surface area contributed by atoms with Gasteiger partial charge < -0.3 is 10.1 Å². The Morgan fingerprint density at radius 2 is 1.50 bits per heavy atom. The van der Waals surface area contributed by atoms with E-state index in [2.05, 4.69) is 5.32 Å². The highest BCUT2D eigenvalue weighted by atomic mass is 16.5. The second kappa shape index (κ2) is 7.34. The molecule has 6 aliphatic rings. The first kappa shape index (κ1) is 20.0. The van der Waals surface area contributed by atoms with E-state index >= 15 is 0 Å². The van der Waals surface area contributed by atoms with Crippen molar-refractivity contribution in [3.05, 3.63) is 0 Å². The van der Waals surface area contributed by atoms with Crippen molar-refractivity contribution in [1.82, 2.24) is 10.2 Å². The lowest BCUT2D eigenvalue weighted by Crippen LogP contribution is -2.60. The molecule has 6 rings (SSSR count). The third-order valence-corrected chi connectivity index (χ3v) is 8.39. The average Bonchev–Trinajstić information content (AvgIpc) is 2.95. The number of nitrogens with one attached hydrogen (secondary N) is 1. The van der Waals surface area contributed by atoms with Crippen LogP contribution in [0.1, 0.15) is 71.1 Å². The minimum absolute atomic E-state index is 0.125. The Hall–Kier alpha value is -1.92. The van der Waals surface area contributed by atoms with Crippen molar-refractivity contribution >= 4 is 23.7 Å². The zero-order valence-electron chi connectivity index (χ0n) is 17.7. The summed E-state index contributed by atoms with van der Waals surface area (Å²) in [6.07, 6.45) is 10.3. The van der Waals surface area contributed by atoms with Crippen LogP contribution < -0.4 is 5.32 Å². The molecule has 1 N–H and O–H groups in total. The SMILES string of the molecule is C[C@@H](C(=O)OCC(=O)NC12CC3CC(CC(C3)C1)C2)N1C(=O)[C@@H]2CCCC[C@H]2C1=O. The number of rotatable bonds is 5. The molecule has 3 atom stereocenters. The quantitative estimate of drug-likeness (QED) is 0.548. The van der Waals surface area contributed by atoms with E-state index in [0.29, 0.717) is 12.8 Å². The summed E-state index contributed by atoms with van der Waals surface area (Å²) in [5.41, 5.74) is -0.125. The summed E-state index contributed by atoms with van der Waals surface area (Å²) in [6.45, 7) is 1.17. The maximum Gasteiger partial charge on any atom is 0.329 e. The molecule has 7 nitrogen and oxygen atoms in total. The Bertz CT molecular complexity index is 718. The third kappa shape index (κ3) is 3.34. The number of ether oxygens (including phenoxy) is 1. The molecule has 30 heavy (non-hydrogen) atoms. The van der Waals surface area contributed by atoms with E-state index in [0.717, 1.165) is 54.8 Å². The van der Waals surface area contributed by atoms with Gasteiger partial charge in [-0.3, -0.25) is 19.3 Å². The first-order chi connectivity index (χ1) is 14.3. The fourth-order valence-corrected chi connectivity index (χ4v) is 7.53. The minimum atomic E-state index is -0.983. The maximum absolute atomic E-state index is 12.7. The summed E-state index contributed by atoms with van der Waals surface area (Å²) in [7, 11) is 0. The number of hydrogen-bond acceptors (Lipinski definition) is 5. The topological polar surface area (TPSA) is 92.8 Å². The average molecular weight is 417 g/mol. The Morgan fingerprint density at radius 1 is 1.00 bits per heavy atom. The summed E-state index contributed by atoms with van der Waals surface area (Å²) < 4.78 is 5.24. The lowest BCUT2D eigenvalue weighted by Gasteiger charge is -2.56. The fraction of sp³-hybridized carbons (Fsp3) is 0.826. The zero-order chi connectivity index (χ0) is 21.0. The monoisotopic (exact) mass is 416 g/mol. The minimum Gasteiger partial charge on any atom is -0.454 e. The van der Waals surface area contributed by atoms with E-state index in [1.54, 1.807) is 0 Å². The van der Waals surface area contributed by atoms with Gasteiger partial charge in [0.1, 0.15) is 6.04 Å². The Kier molecular flexibility index (Phi) is 4.90. The molecule has 4 bridgehead atoms. The number of nitrogens with zero attached hydrogens (tertiary/aromatic N) is 1. The Balaban J connectivity index is 1.16. The molecule has 0 aromatic carbocycles. The van der Waals surface area contributed by atoms with Crippen LogP contribution in [-0.2, 0) is 23.9 Å². The molecule has 0 unspecified atom stereocenters. The molecular formula is C23H32N2O5. The highest BCUT2D eigenvalue weighted by Gasteiger charge is 2.52. The van der Waals surface area contributed by atoms with Gasteiger partial charge in [0.15, 0.2) is 6.61 Å². The highest BCUT2D eigenvalue weighted by Crippen LogP contribution is 2.55. The molecule has 3 amide bonds. The predicted octanol–water partition coefficient (Wildman–Crippen LogP) is 2.18. The van der Waals surface area contributed by atoms with Crippen LogP contribution in [0.3, 0.4) is 0 Å². The molecule has 7 heteroatoms. The van der Waals surface area contributed by atoms with E-state index in [-0.39, 0.29) is 41.7 Å². The third-order valence-electron chi connectivity index (χ3n) is 8.39. The van der Waals surface area contributed by atoms with E-state index in [1.165, 1.54) is 26.2 Å². The Morgan fingerprint density at radius 3 is 2.00 bits per heavy atom. The van der Waals surface area contributed by atoms with Crippen LogP contribution in [0.25, 0.3) is 0 Å². The standard InChI is InChI=1S/C23H32N2O5/c1-13(25-20(27)17-4-2-3-5-18(17)21(25)28)22(29)30-12-19(26)24-23-9-14-6-15(10-23)8-16(7-14)11-23/h13-18H,2-12H2,1H3,(H,24,26)/t13-,14?,15?,16?,17+,18+,23?/m0/s1. The summed E-state index contributed by atoms with van der Waals surface area (Å²) >= 11 is 0. The van der Waals surface area contributed by atoms with E-state index in [4.69, 9.17) is 4.74 Å². The zero-order valence-corrected chi connectivity index (χ0v) is 17.7. The second-order valence-corrected chi connectivity index (χ2v) is 10.6. The largest absolute Gasteiger partial charge is 0.454 e. The molecule has 0 spiro atoms. The lowest BCUT2D eigenvalue weighted by molar-refractivity contribution is -0.160. The van der Waals surface area contributed by atoms with Crippen molar-refractivity contribution in [2.24, 2.45) is 29.6 Å². The van der Waals surface area contributed by atoms with Crippen LogP contribution in [-0.4, -0.2) is 46.8 Å². The van der Waals surface area contributed by atoms with E-state index in [1.807, 2.05) is 0 Å². The molecule has 1 saturated heterocycles. The number of likely N-dealkylation sites (tertiary alicyclic amines) is 1. The summed E-state index contributed by atoms with van der Waals surface area (Å²) in [6, 6.07) is -0.983. The smallest absolute Gasteiger partial charge is 0.329 e. The van der Waals surface area contributed by atoms with Gasteiger partial charge in [-0.1, -0.05) is 12.8 Å². The molecular weight excluding hydrogens is 384 g/mol. The van der Waals surface area contributed by atoms with Gasteiger partial charge in [-0.15, -0.1) is 0 Å². The lowest BCUT2D eigenvalue weighted by atomic mass is 9.53. The molecule has 5 aliphatic carbocycles. The van der Waals surface area contributed by atoms with Crippen molar-refractivity contribution in [2.45, 2.75) is 82.7 Å². The van der Waals surface area contributed by atoms with Crippen LogP contribution in [0.4, 0.5) is 0 Å². The van der Waals surface area contributed by atoms with Gasteiger partial charge in [0.2, 0.25) is 11.8 Å². The van der Waals surface area contributed by atoms with E-state index in [9.17, 15) is 19.2 Å². The second-order valence-electron chi connectivity index (χ2n) is 10.6. The molecule has 0 radical (unpaired) electrons. The number of hydrogen-bond donors (Lipinski definition) is 1. The highest BCUT2D eigenvalue weighted by molar-refractivity contribution is 6.07. The van der Waals surface area contributed by atoms with Gasteiger partial charge in [0.05, 0.1) is 11.8 Å². The first-order valence-corrected chi connectivity index (χ1v) is 11.7. The number of esters is 1. The molecule has 0 aromatic rings. The van der Waals surface area contributed by atoms with Crippen molar-refractivity contribution in [3.63, 3.8) is 0 Å². The van der Waals surface area contributed by atoms with E-state index < -0.39 is 12.0 Å². The van der Waals surface area contributed by atoms with Crippen LogP contribution in [0.15, 0.2) is 0 Å². The number of carbonyl (C=O) groups excluding carboxylic acids is 4. The number of imide groups is 1.